The fourth-order valence-electron chi connectivity index (χ4n) is 6.68. The summed E-state index contributed by atoms with van der Waals surface area (Å²) in [6, 6.07) is 31.4. The highest BCUT2D eigenvalue weighted by Crippen LogP contribution is 2.28. The molecule has 8 nitrogen and oxygen atoms in total. The number of hydrogen-bond donors (Lipinski definition) is 4. The van der Waals surface area contributed by atoms with Crippen LogP contribution in [0.4, 0.5) is 0 Å². The summed E-state index contributed by atoms with van der Waals surface area (Å²) in [5, 5.41) is 3.85. The second kappa shape index (κ2) is 12.0. The van der Waals surface area contributed by atoms with Crippen LogP contribution in [0.2, 0.25) is 0 Å². The first-order valence-corrected chi connectivity index (χ1v) is 16.6. The van der Waals surface area contributed by atoms with E-state index in [0.29, 0.717) is 0 Å². The van der Waals surface area contributed by atoms with Crippen LogP contribution in [0.5, 0.6) is 0 Å². The van der Waals surface area contributed by atoms with Gasteiger partial charge in [-0.15, -0.1) is 0 Å². The molecule has 4 N–H and O–H groups in total. The summed E-state index contributed by atoms with van der Waals surface area (Å²) in [6.07, 6.45) is 14.6. The molecule has 0 radical (unpaired) electrons. The first-order valence-electron chi connectivity index (χ1n) is 15.8. The third kappa shape index (κ3) is 5.26. The third-order valence-electron chi connectivity index (χ3n) is 8.80. The number of H-pyrrole nitrogens is 4. The van der Waals surface area contributed by atoms with E-state index >= 15 is 0 Å². The highest BCUT2D eigenvalue weighted by Gasteiger charge is 2.18. The summed E-state index contributed by atoms with van der Waals surface area (Å²) in [6.45, 7) is 0. The van der Waals surface area contributed by atoms with Crippen molar-refractivity contribution < 1.29 is 0 Å². The molecule has 0 aromatic carbocycles. The Kier molecular flexibility index (Phi) is 7.09. The molecule has 234 valence electrons. The van der Waals surface area contributed by atoms with Gasteiger partial charge in [0.1, 0.15) is 0 Å². The smallest absolute Gasteiger partial charge is 0.0486 e. The van der Waals surface area contributed by atoms with E-state index in [-0.39, 0.29) is 0 Å². The number of rotatable bonds is 4. The van der Waals surface area contributed by atoms with Crippen molar-refractivity contribution in [3.63, 3.8) is 0 Å². The normalized spacial score (nSPS) is 12.8. The second-order valence-corrected chi connectivity index (χ2v) is 12.7. The van der Waals surface area contributed by atoms with Gasteiger partial charge in [-0.3, -0.25) is 19.9 Å². The molecule has 0 spiro atoms. The standard InChI is InChI=1S/C40H27BrN8/c41-28-21-27(22-45-23-28)40-35-7-5-33(48-35)38(25-11-17-43-18-12-25)31-3-1-29(46-31)37(24-9-15-42-16-10-24)30-2-4-32(47-30)39(26-13-19-44-20-14-26)34-6-8-36(40)49-34/h1-23,46-49H. The number of fused-ring (bicyclic) bond motifs is 8. The molecule has 0 amide bonds. The molecule has 8 aromatic rings. The van der Waals surface area contributed by atoms with Crippen molar-refractivity contribution in [3.05, 3.63) is 211 Å². The van der Waals surface area contributed by atoms with Crippen LogP contribution in [0.3, 0.4) is 0 Å². The maximum absolute atomic E-state index is 4.53. The van der Waals surface area contributed by atoms with Crippen LogP contribution in [0.25, 0.3) is 22.3 Å². The van der Waals surface area contributed by atoms with Gasteiger partial charge in [-0.2, -0.15) is 0 Å². The Morgan fingerprint density at radius 3 is 1.04 bits per heavy atom. The predicted molar refractivity (Wildman–Crippen MR) is 193 cm³/mol. The Hall–Kier alpha value is -6.32. The minimum absolute atomic E-state index is 0.898. The molecule has 0 atom stereocenters. The summed E-state index contributed by atoms with van der Waals surface area (Å²) >= 11 is 3.65. The molecule has 9 heterocycles. The van der Waals surface area contributed by atoms with E-state index in [0.717, 1.165) is 93.2 Å². The minimum Gasteiger partial charge on any atom is -0.354 e. The van der Waals surface area contributed by atoms with E-state index in [1.54, 1.807) is 6.20 Å². The van der Waals surface area contributed by atoms with Crippen molar-refractivity contribution in [2.45, 2.75) is 0 Å². The van der Waals surface area contributed by atoms with E-state index < -0.39 is 0 Å². The zero-order valence-corrected chi connectivity index (χ0v) is 27.5. The van der Waals surface area contributed by atoms with Crippen LogP contribution in [-0.2, 0) is 0 Å². The quantitative estimate of drug-likeness (QED) is 0.214. The Labute approximate surface area is 288 Å². The van der Waals surface area contributed by atoms with Crippen LogP contribution in [0, 0.1) is 0 Å². The van der Waals surface area contributed by atoms with Gasteiger partial charge < -0.3 is 19.9 Å². The van der Waals surface area contributed by atoms with Crippen LogP contribution in [-0.4, -0.2) is 39.9 Å². The number of aromatic amines is 4. The van der Waals surface area contributed by atoms with Gasteiger partial charge in [0.15, 0.2) is 0 Å². The fraction of sp³-hybridized carbons (Fsp3) is 0. The van der Waals surface area contributed by atoms with Gasteiger partial charge in [-0.25, -0.2) is 0 Å². The van der Waals surface area contributed by atoms with Gasteiger partial charge in [0.05, 0.1) is 0 Å². The lowest BCUT2D eigenvalue weighted by molar-refractivity contribution is 1.18. The predicted octanol–water partition coefficient (Wildman–Crippen LogP) is 4.64. The van der Waals surface area contributed by atoms with Gasteiger partial charge in [-0.1, -0.05) is 0 Å². The summed E-state index contributed by atoms with van der Waals surface area (Å²) in [5.41, 5.74) is 12.0. The fourth-order valence-corrected chi connectivity index (χ4v) is 7.04. The maximum atomic E-state index is 4.53. The lowest BCUT2D eigenvalue weighted by Crippen LogP contribution is -2.19. The topological polar surface area (TPSA) is 115 Å². The molecule has 0 saturated carbocycles. The molecule has 0 unspecified atom stereocenters. The van der Waals surface area contributed by atoms with Crippen molar-refractivity contribution in [1.29, 1.82) is 0 Å². The van der Waals surface area contributed by atoms with Crippen molar-refractivity contribution in [2.75, 3.05) is 0 Å². The molecule has 0 fully saturated rings. The molecule has 9 heteroatoms. The monoisotopic (exact) mass is 698 g/mol. The summed E-state index contributed by atoms with van der Waals surface area (Å²) in [5.74, 6) is 0. The zero-order valence-electron chi connectivity index (χ0n) is 25.9. The van der Waals surface area contributed by atoms with Crippen molar-refractivity contribution in [3.8, 4) is 0 Å². The van der Waals surface area contributed by atoms with E-state index in [1.165, 1.54) is 0 Å². The average molecular weight is 700 g/mol. The SMILES string of the molecule is Brc1cncc(C2=c3ccc([nH]3)=C(c3ccncc3)c3ccc([nH]3)C(c3ccncc3)=c3ccc([nH]3)=C(c3ccncc3)c3ccc2[nH]3)c1. The highest BCUT2D eigenvalue weighted by atomic mass is 79.9. The highest BCUT2D eigenvalue weighted by molar-refractivity contribution is 9.10. The zero-order chi connectivity index (χ0) is 32.7. The Morgan fingerprint density at radius 2 is 0.694 bits per heavy atom. The summed E-state index contributed by atoms with van der Waals surface area (Å²) in [7, 11) is 0. The number of nitrogens with one attached hydrogen (secondary N) is 4. The maximum Gasteiger partial charge on any atom is 0.0486 e. The van der Waals surface area contributed by atoms with E-state index in [2.05, 4.69) is 110 Å². The van der Waals surface area contributed by atoms with Gasteiger partial charge in [0.2, 0.25) is 0 Å². The molecule has 0 saturated heterocycles. The summed E-state index contributed by atoms with van der Waals surface area (Å²) in [4.78, 5) is 32.6. The number of hydrogen-bond acceptors (Lipinski definition) is 4. The first-order chi connectivity index (χ1) is 24.2. The molecule has 8 aromatic heterocycles. The third-order valence-corrected chi connectivity index (χ3v) is 9.23. The van der Waals surface area contributed by atoms with Gasteiger partial charge in [0, 0.05) is 126 Å². The summed E-state index contributed by atoms with van der Waals surface area (Å²) < 4.78 is 0.898. The van der Waals surface area contributed by atoms with Gasteiger partial charge in [0.25, 0.3) is 0 Å². The Morgan fingerprint density at radius 1 is 0.347 bits per heavy atom. The first kappa shape index (κ1) is 28.9. The van der Waals surface area contributed by atoms with Crippen LogP contribution in [0.1, 0.15) is 45.0 Å². The molecule has 1 aliphatic rings. The second-order valence-electron chi connectivity index (χ2n) is 11.7. The largest absolute Gasteiger partial charge is 0.354 e. The van der Waals surface area contributed by atoms with Gasteiger partial charge in [-0.05, 0) is 124 Å². The molecule has 0 aliphatic carbocycles. The number of nitrogens with zero attached hydrogens (tertiary/aromatic N) is 4. The van der Waals surface area contributed by atoms with Crippen molar-refractivity contribution in [1.82, 2.24) is 39.9 Å². The van der Waals surface area contributed by atoms with Crippen LogP contribution >= 0.6 is 15.9 Å². The lowest BCUT2D eigenvalue weighted by Gasteiger charge is -2.09. The molecule has 1 aliphatic heterocycles. The Balaban J connectivity index is 1.44. The lowest BCUT2D eigenvalue weighted by atomic mass is 10.0. The van der Waals surface area contributed by atoms with E-state index in [4.69, 9.17) is 0 Å². The number of halogens is 1. The number of aromatic nitrogens is 8. The van der Waals surface area contributed by atoms with E-state index in [9.17, 15) is 0 Å². The van der Waals surface area contributed by atoms with E-state index in [1.807, 2.05) is 79.8 Å². The van der Waals surface area contributed by atoms with Crippen molar-refractivity contribution >= 4 is 38.2 Å². The van der Waals surface area contributed by atoms with Crippen LogP contribution in [0.15, 0.2) is 145 Å². The van der Waals surface area contributed by atoms with Crippen molar-refractivity contribution in [2.24, 2.45) is 0 Å². The van der Waals surface area contributed by atoms with Gasteiger partial charge >= 0.3 is 0 Å². The molecule has 9 rings (SSSR count). The molecule has 8 bridgehead atoms. The molecule has 49 heavy (non-hydrogen) atoms. The average Bonchev–Trinajstić information content (AvgIpc) is 3.97. The molecular weight excluding hydrogens is 672 g/mol. The minimum atomic E-state index is 0.898. The van der Waals surface area contributed by atoms with Crippen LogP contribution < -0.4 is 21.4 Å². The number of pyridine rings is 4. The Bertz CT molecular complexity index is 2720. The molecular formula is C40H27BrN8.